The molecule has 6 heteroatoms. The Bertz CT molecular complexity index is 908. The molecule has 1 heterocycles. The van der Waals surface area contributed by atoms with Crippen LogP contribution in [-0.2, 0) is 0 Å². The maximum atomic E-state index is 13.1. The molecule has 1 aliphatic rings. The molecule has 1 aromatic heterocycles. The van der Waals surface area contributed by atoms with Crippen LogP contribution in [0.4, 0.5) is 0 Å². The van der Waals surface area contributed by atoms with Gasteiger partial charge in [-0.15, -0.1) is 0 Å². The van der Waals surface area contributed by atoms with Gasteiger partial charge in [-0.25, -0.2) is 0 Å². The van der Waals surface area contributed by atoms with Crippen molar-refractivity contribution in [2.24, 2.45) is 0 Å². The summed E-state index contributed by atoms with van der Waals surface area (Å²) in [5.41, 5.74) is 2.37. The number of hydrogen-bond donors (Lipinski definition) is 2. The van der Waals surface area contributed by atoms with Crippen LogP contribution >= 0.6 is 0 Å². The van der Waals surface area contributed by atoms with Crippen molar-refractivity contribution in [1.29, 1.82) is 0 Å². The number of carbonyl (C=O) groups excluding carboxylic acids is 2. The van der Waals surface area contributed by atoms with E-state index in [0.717, 1.165) is 29.7 Å². The fourth-order valence-corrected chi connectivity index (χ4v) is 4.02. The number of benzene rings is 1. The highest BCUT2D eigenvalue weighted by molar-refractivity contribution is 6.00. The van der Waals surface area contributed by atoms with E-state index in [4.69, 9.17) is 9.15 Å². The van der Waals surface area contributed by atoms with E-state index in [9.17, 15) is 14.7 Å². The molecule has 0 radical (unpaired) electrons. The average Bonchev–Trinajstić information content (AvgIpc) is 3.20. The Hall–Kier alpha value is -2.60. The van der Waals surface area contributed by atoms with Crippen molar-refractivity contribution in [3.05, 3.63) is 52.5 Å². The summed E-state index contributed by atoms with van der Waals surface area (Å²) in [5.74, 6) is 0.932. The number of aryl methyl sites for hydroxylation is 1. The molecule has 0 spiro atoms. The van der Waals surface area contributed by atoms with Gasteiger partial charge < -0.3 is 19.6 Å². The van der Waals surface area contributed by atoms with E-state index < -0.39 is 0 Å². The van der Waals surface area contributed by atoms with E-state index in [0.29, 0.717) is 30.6 Å². The van der Waals surface area contributed by atoms with Crippen LogP contribution in [0, 0.1) is 6.92 Å². The number of carbonyl (C=O) groups is 2. The predicted molar refractivity (Wildman–Crippen MR) is 114 cm³/mol. The van der Waals surface area contributed by atoms with Crippen molar-refractivity contribution < 1.29 is 23.8 Å². The molecule has 3 rings (SSSR count). The minimum Gasteiger partial charge on any atom is -0.496 e. The van der Waals surface area contributed by atoms with Gasteiger partial charge in [0, 0.05) is 24.4 Å². The van der Waals surface area contributed by atoms with Crippen molar-refractivity contribution in [3.8, 4) is 5.75 Å². The van der Waals surface area contributed by atoms with E-state index in [-0.39, 0.29) is 35.5 Å². The van der Waals surface area contributed by atoms with Gasteiger partial charge in [-0.3, -0.25) is 9.59 Å². The summed E-state index contributed by atoms with van der Waals surface area (Å²) < 4.78 is 11.3. The third-order valence-corrected chi connectivity index (χ3v) is 5.95. The molecule has 2 N–H and O–H groups in total. The topological polar surface area (TPSA) is 88.8 Å². The highest BCUT2D eigenvalue weighted by Gasteiger charge is 2.28. The monoisotopic (exact) mass is 413 g/mol. The van der Waals surface area contributed by atoms with Crippen LogP contribution in [0.5, 0.6) is 5.75 Å². The molecular formula is C24H31NO5. The molecular weight excluding hydrogens is 382 g/mol. The second kappa shape index (κ2) is 9.47. The number of aliphatic hydroxyl groups is 1. The molecule has 162 valence electrons. The van der Waals surface area contributed by atoms with Crippen molar-refractivity contribution >= 4 is 11.7 Å². The summed E-state index contributed by atoms with van der Waals surface area (Å²) in [6.45, 7) is 5.70. The lowest BCUT2D eigenvalue weighted by Gasteiger charge is -2.26. The van der Waals surface area contributed by atoms with Gasteiger partial charge in [0.1, 0.15) is 11.5 Å². The lowest BCUT2D eigenvalue weighted by Crippen LogP contribution is -2.38. The first kappa shape index (κ1) is 22.1. The zero-order valence-electron chi connectivity index (χ0n) is 18.2. The second-order valence-corrected chi connectivity index (χ2v) is 8.09. The zero-order chi connectivity index (χ0) is 21.8. The molecule has 1 fully saturated rings. The molecule has 1 atom stereocenters. The molecule has 0 saturated heterocycles. The predicted octanol–water partition coefficient (Wildman–Crippen LogP) is 4.37. The number of rotatable bonds is 7. The Balaban J connectivity index is 1.90. The highest BCUT2D eigenvalue weighted by atomic mass is 16.5. The number of amides is 1. The van der Waals surface area contributed by atoms with Crippen molar-refractivity contribution in [2.45, 2.75) is 70.9 Å². The first-order valence-electron chi connectivity index (χ1n) is 10.6. The number of methoxy groups -OCH3 is 1. The van der Waals surface area contributed by atoms with Crippen LogP contribution in [0.25, 0.3) is 0 Å². The van der Waals surface area contributed by atoms with E-state index in [1.165, 1.54) is 0 Å². The number of hydrogen-bond acceptors (Lipinski definition) is 5. The summed E-state index contributed by atoms with van der Waals surface area (Å²) >= 11 is 0. The lowest BCUT2D eigenvalue weighted by molar-refractivity contribution is 0.0865. The normalized spacial score (nSPS) is 19.9. The van der Waals surface area contributed by atoms with Gasteiger partial charge in [-0.1, -0.05) is 26.0 Å². The number of ether oxygens (including phenoxy) is 1. The fraction of sp³-hybridized carbons (Fsp3) is 0.500. The summed E-state index contributed by atoms with van der Waals surface area (Å²) in [7, 11) is 1.63. The molecule has 30 heavy (non-hydrogen) atoms. The van der Waals surface area contributed by atoms with Gasteiger partial charge in [-0.2, -0.15) is 0 Å². The number of aliphatic hydroxyl groups excluding tert-OH is 1. The third-order valence-electron chi connectivity index (χ3n) is 5.95. The Kier molecular flexibility index (Phi) is 6.98. The van der Waals surface area contributed by atoms with Gasteiger partial charge in [0.15, 0.2) is 11.5 Å². The molecule has 1 saturated carbocycles. The van der Waals surface area contributed by atoms with Crippen LogP contribution in [-0.4, -0.2) is 36.1 Å². The summed E-state index contributed by atoms with van der Waals surface area (Å²) in [6.07, 6.45) is 2.89. The first-order chi connectivity index (χ1) is 14.3. The van der Waals surface area contributed by atoms with Crippen LogP contribution in [0.1, 0.15) is 89.7 Å². The van der Waals surface area contributed by atoms with Crippen molar-refractivity contribution in [3.63, 3.8) is 0 Å². The Morgan fingerprint density at radius 2 is 1.93 bits per heavy atom. The van der Waals surface area contributed by atoms with E-state index in [1.54, 1.807) is 20.1 Å². The molecule has 1 aromatic carbocycles. The summed E-state index contributed by atoms with van der Waals surface area (Å²) in [6, 6.07) is 7.45. The minimum absolute atomic E-state index is 0.0208. The van der Waals surface area contributed by atoms with Gasteiger partial charge in [0.2, 0.25) is 0 Å². The molecule has 1 amide bonds. The minimum atomic E-state index is -0.283. The number of furan rings is 1. The second-order valence-electron chi connectivity index (χ2n) is 8.09. The molecule has 0 aliphatic heterocycles. The lowest BCUT2D eigenvalue weighted by atomic mass is 9.92. The fourth-order valence-electron chi connectivity index (χ4n) is 4.02. The van der Waals surface area contributed by atoms with Crippen molar-refractivity contribution in [1.82, 2.24) is 5.32 Å². The Labute approximate surface area is 177 Å². The number of ketones is 1. The largest absolute Gasteiger partial charge is 0.496 e. The molecule has 1 aliphatic carbocycles. The SMILES string of the molecule is CCC(=O)c1cc(C(=O)NC2CCC(O)CC2)c(C(C)c2ccc(OC)c(C)c2)o1. The smallest absolute Gasteiger partial charge is 0.255 e. The Morgan fingerprint density at radius 3 is 2.53 bits per heavy atom. The third kappa shape index (κ3) is 4.75. The maximum absolute atomic E-state index is 13.1. The summed E-state index contributed by atoms with van der Waals surface area (Å²) in [4.78, 5) is 25.3. The average molecular weight is 414 g/mol. The van der Waals surface area contributed by atoms with Crippen molar-refractivity contribution in [2.75, 3.05) is 7.11 Å². The van der Waals surface area contributed by atoms with Gasteiger partial charge in [0.25, 0.3) is 5.91 Å². The molecule has 2 aromatic rings. The molecule has 6 nitrogen and oxygen atoms in total. The van der Waals surface area contributed by atoms with Crippen LogP contribution < -0.4 is 10.1 Å². The van der Waals surface area contributed by atoms with Crippen LogP contribution in [0.3, 0.4) is 0 Å². The number of nitrogens with one attached hydrogen (secondary N) is 1. The number of Topliss-reactive ketones (excluding diaryl/α,β-unsaturated/α-hetero) is 1. The summed E-state index contributed by atoms with van der Waals surface area (Å²) in [5, 5.41) is 12.8. The van der Waals surface area contributed by atoms with Crippen LogP contribution in [0.2, 0.25) is 0 Å². The first-order valence-corrected chi connectivity index (χ1v) is 10.6. The molecule has 1 unspecified atom stereocenters. The van der Waals surface area contributed by atoms with E-state index in [1.807, 2.05) is 32.0 Å². The van der Waals surface area contributed by atoms with Gasteiger partial charge in [0.05, 0.1) is 18.8 Å². The van der Waals surface area contributed by atoms with E-state index in [2.05, 4.69) is 5.32 Å². The van der Waals surface area contributed by atoms with E-state index >= 15 is 0 Å². The molecule has 0 bridgehead atoms. The van der Waals surface area contributed by atoms with Gasteiger partial charge >= 0.3 is 0 Å². The standard InChI is InChI=1S/C24H31NO5/c1-5-20(27)22-13-19(24(28)25-17-7-9-18(26)10-8-17)23(30-22)15(3)16-6-11-21(29-4)14(2)12-16/h6,11-13,15,17-18,26H,5,7-10H2,1-4H3,(H,25,28). The zero-order valence-corrected chi connectivity index (χ0v) is 18.2. The van der Waals surface area contributed by atoms with Gasteiger partial charge in [-0.05, 0) is 49.8 Å². The Morgan fingerprint density at radius 1 is 1.23 bits per heavy atom. The van der Waals surface area contributed by atoms with Crippen LogP contribution in [0.15, 0.2) is 28.7 Å². The maximum Gasteiger partial charge on any atom is 0.255 e. The quantitative estimate of drug-likeness (QED) is 0.658. The highest BCUT2D eigenvalue weighted by Crippen LogP contribution is 2.33.